The van der Waals surface area contributed by atoms with Crippen molar-refractivity contribution in [3.05, 3.63) is 52.3 Å². The molecular weight excluding hydrogens is 368 g/mol. The second kappa shape index (κ2) is 7.71. The summed E-state index contributed by atoms with van der Waals surface area (Å²) in [7, 11) is 3.53. The Bertz CT molecular complexity index is 1120. The molecule has 8 nitrogen and oxygen atoms in total. The van der Waals surface area contributed by atoms with Gasteiger partial charge in [0, 0.05) is 38.1 Å². The quantitative estimate of drug-likeness (QED) is 0.727. The first kappa shape index (κ1) is 19.2. The zero-order chi connectivity index (χ0) is 20.5. The predicted octanol–water partition coefficient (Wildman–Crippen LogP) is 1.52. The number of carbonyl (C=O) groups excluding carboxylic acids is 1. The zero-order valence-corrected chi connectivity index (χ0v) is 16.8. The lowest BCUT2D eigenvalue weighted by molar-refractivity contribution is 0.0702. The van der Waals surface area contributed by atoms with Gasteiger partial charge < -0.3 is 10.2 Å². The van der Waals surface area contributed by atoms with Crippen molar-refractivity contribution in [3.8, 4) is 11.4 Å². The number of hydrogen-bond acceptors (Lipinski definition) is 6. The van der Waals surface area contributed by atoms with Crippen LogP contribution < -0.4 is 10.9 Å². The summed E-state index contributed by atoms with van der Waals surface area (Å²) >= 11 is 0. The number of carbonyl (C=O) groups is 1. The fraction of sp³-hybridized carbons (Fsp3) is 0.381. The smallest absolute Gasteiger partial charge is 0.261 e. The lowest BCUT2D eigenvalue weighted by atomic mass is 10.0. The molecule has 1 saturated heterocycles. The van der Waals surface area contributed by atoms with Crippen LogP contribution in [0.2, 0.25) is 0 Å². The van der Waals surface area contributed by atoms with Crippen LogP contribution in [0.5, 0.6) is 0 Å². The summed E-state index contributed by atoms with van der Waals surface area (Å²) in [5.41, 5.74) is 1.71. The molecule has 1 aliphatic rings. The van der Waals surface area contributed by atoms with Crippen LogP contribution in [0.25, 0.3) is 22.3 Å². The maximum Gasteiger partial charge on any atom is 0.261 e. The molecule has 1 aliphatic heterocycles. The van der Waals surface area contributed by atoms with E-state index in [1.807, 2.05) is 13.1 Å². The van der Waals surface area contributed by atoms with Crippen LogP contribution >= 0.6 is 0 Å². The number of amides is 1. The predicted molar refractivity (Wildman–Crippen MR) is 111 cm³/mol. The monoisotopic (exact) mass is 392 g/mol. The third kappa shape index (κ3) is 3.63. The van der Waals surface area contributed by atoms with E-state index in [2.05, 4.69) is 20.3 Å². The van der Waals surface area contributed by atoms with Gasteiger partial charge in [-0.25, -0.2) is 15.0 Å². The minimum absolute atomic E-state index is 0.0736. The number of piperidine rings is 1. The van der Waals surface area contributed by atoms with Gasteiger partial charge in [-0.15, -0.1) is 0 Å². The molecule has 0 aliphatic carbocycles. The van der Waals surface area contributed by atoms with E-state index in [1.54, 1.807) is 43.4 Å². The van der Waals surface area contributed by atoms with Crippen LogP contribution in [-0.2, 0) is 7.05 Å². The highest BCUT2D eigenvalue weighted by atomic mass is 16.2. The Morgan fingerprint density at radius 1 is 1.21 bits per heavy atom. The number of nitrogens with one attached hydrogen (secondary N) is 1. The molecule has 0 radical (unpaired) electrons. The van der Waals surface area contributed by atoms with Gasteiger partial charge in [0.25, 0.3) is 11.5 Å². The average molecular weight is 392 g/mol. The van der Waals surface area contributed by atoms with Crippen LogP contribution in [0.4, 0.5) is 0 Å². The molecule has 8 heteroatoms. The topological polar surface area (TPSA) is 93.0 Å². The molecule has 0 unspecified atom stereocenters. The molecule has 150 valence electrons. The van der Waals surface area contributed by atoms with Gasteiger partial charge in [0.2, 0.25) is 0 Å². The van der Waals surface area contributed by atoms with E-state index in [9.17, 15) is 9.59 Å². The van der Waals surface area contributed by atoms with Gasteiger partial charge in [-0.3, -0.25) is 14.2 Å². The zero-order valence-electron chi connectivity index (χ0n) is 16.8. The number of hydrogen-bond donors (Lipinski definition) is 1. The summed E-state index contributed by atoms with van der Waals surface area (Å²) in [6.45, 7) is 3.65. The van der Waals surface area contributed by atoms with Crippen LogP contribution in [0.1, 0.15) is 29.0 Å². The van der Waals surface area contributed by atoms with Crippen LogP contribution in [0, 0.1) is 6.92 Å². The highest BCUT2D eigenvalue weighted by Crippen LogP contribution is 2.20. The molecule has 1 aromatic carbocycles. The highest BCUT2D eigenvalue weighted by Gasteiger charge is 2.23. The molecule has 3 heterocycles. The number of rotatable bonds is 3. The van der Waals surface area contributed by atoms with Crippen molar-refractivity contribution >= 4 is 16.8 Å². The van der Waals surface area contributed by atoms with Gasteiger partial charge in [0.15, 0.2) is 5.82 Å². The van der Waals surface area contributed by atoms with E-state index in [1.165, 1.54) is 4.57 Å². The molecule has 0 atom stereocenters. The molecule has 0 bridgehead atoms. The van der Waals surface area contributed by atoms with Crippen molar-refractivity contribution in [2.24, 2.45) is 7.05 Å². The van der Waals surface area contributed by atoms with Gasteiger partial charge in [-0.2, -0.15) is 0 Å². The van der Waals surface area contributed by atoms with E-state index >= 15 is 0 Å². The number of benzene rings is 1. The van der Waals surface area contributed by atoms with Gasteiger partial charge in [-0.1, -0.05) is 0 Å². The van der Waals surface area contributed by atoms with Crippen molar-refractivity contribution in [2.75, 3.05) is 20.1 Å². The Kier molecular flexibility index (Phi) is 5.10. The Morgan fingerprint density at radius 3 is 2.59 bits per heavy atom. The maximum absolute atomic E-state index is 12.8. The Balaban J connectivity index is 1.60. The number of fused-ring (bicyclic) bond motifs is 1. The number of nitrogens with zero attached hydrogens (tertiary/aromatic N) is 5. The van der Waals surface area contributed by atoms with Gasteiger partial charge in [0.05, 0.1) is 16.5 Å². The van der Waals surface area contributed by atoms with Crippen molar-refractivity contribution in [1.29, 1.82) is 0 Å². The minimum atomic E-state index is -0.107. The van der Waals surface area contributed by atoms with Crippen LogP contribution in [0.3, 0.4) is 0 Å². The van der Waals surface area contributed by atoms with Gasteiger partial charge in [0.1, 0.15) is 5.82 Å². The normalized spacial score (nSPS) is 14.9. The summed E-state index contributed by atoms with van der Waals surface area (Å²) in [5.74, 6) is 1.05. The molecule has 3 aromatic rings. The Hall–Kier alpha value is -3.13. The van der Waals surface area contributed by atoms with E-state index < -0.39 is 0 Å². The van der Waals surface area contributed by atoms with E-state index in [0.717, 1.165) is 25.9 Å². The Labute approximate surface area is 168 Å². The standard InChI is InChI=1S/C21H24N6O2/c1-13-25-18-5-4-14(10-17(18)21(29)26(13)2)19-23-11-15(12-24-19)20(28)27(3)16-6-8-22-9-7-16/h4-5,10-12,16,22H,6-9H2,1-3H3. The van der Waals surface area contributed by atoms with Crippen LogP contribution in [0.15, 0.2) is 35.4 Å². The van der Waals surface area contributed by atoms with E-state index in [4.69, 9.17) is 0 Å². The van der Waals surface area contributed by atoms with Crippen molar-refractivity contribution in [1.82, 2.24) is 29.7 Å². The first-order valence-electron chi connectivity index (χ1n) is 9.73. The average Bonchev–Trinajstić information content (AvgIpc) is 2.77. The third-order valence-electron chi connectivity index (χ3n) is 5.63. The molecular formula is C21H24N6O2. The molecule has 1 fully saturated rings. The van der Waals surface area contributed by atoms with E-state index in [0.29, 0.717) is 33.7 Å². The summed E-state index contributed by atoms with van der Waals surface area (Å²) in [5, 5.41) is 3.82. The fourth-order valence-electron chi connectivity index (χ4n) is 3.67. The summed E-state index contributed by atoms with van der Waals surface area (Å²) in [6.07, 6.45) is 5.00. The lowest BCUT2D eigenvalue weighted by Gasteiger charge is -2.31. The fourth-order valence-corrected chi connectivity index (χ4v) is 3.67. The third-order valence-corrected chi connectivity index (χ3v) is 5.63. The van der Waals surface area contributed by atoms with Crippen LogP contribution in [-0.4, -0.2) is 56.5 Å². The van der Waals surface area contributed by atoms with Crippen molar-refractivity contribution < 1.29 is 4.79 Å². The largest absolute Gasteiger partial charge is 0.339 e. The van der Waals surface area contributed by atoms with E-state index in [-0.39, 0.29) is 17.5 Å². The first-order chi connectivity index (χ1) is 14.0. The SMILES string of the molecule is Cc1nc2ccc(-c3ncc(C(=O)N(C)C4CCNCC4)cn3)cc2c(=O)n1C. The van der Waals surface area contributed by atoms with Crippen molar-refractivity contribution in [2.45, 2.75) is 25.8 Å². The number of aromatic nitrogens is 4. The maximum atomic E-state index is 12.8. The molecule has 4 rings (SSSR count). The molecule has 29 heavy (non-hydrogen) atoms. The Morgan fingerprint density at radius 2 is 1.90 bits per heavy atom. The second-order valence-electron chi connectivity index (χ2n) is 7.45. The molecule has 2 aromatic heterocycles. The van der Waals surface area contributed by atoms with Gasteiger partial charge in [-0.05, 0) is 51.1 Å². The second-order valence-corrected chi connectivity index (χ2v) is 7.45. The highest BCUT2D eigenvalue weighted by molar-refractivity contribution is 5.94. The summed E-state index contributed by atoms with van der Waals surface area (Å²) in [6, 6.07) is 5.62. The summed E-state index contributed by atoms with van der Waals surface area (Å²) < 4.78 is 1.52. The first-order valence-corrected chi connectivity index (χ1v) is 9.73. The number of aryl methyl sites for hydroxylation is 1. The van der Waals surface area contributed by atoms with Crippen molar-refractivity contribution in [3.63, 3.8) is 0 Å². The summed E-state index contributed by atoms with van der Waals surface area (Å²) in [4.78, 5) is 40.3. The minimum Gasteiger partial charge on any atom is -0.339 e. The molecule has 0 saturated carbocycles. The lowest BCUT2D eigenvalue weighted by Crippen LogP contribution is -2.44. The molecule has 1 amide bonds. The molecule has 0 spiro atoms. The van der Waals surface area contributed by atoms with Gasteiger partial charge >= 0.3 is 0 Å². The molecule has 1 N–H and O–H groups in total.